The maximum atomic E-state index is 4.14. The predicted octanol–water partition coefficient (Wildman–Crippen LogP) is 3.46. The zero-order chi connectivity index (χ0) is 15.5. The van der Waals surface area contributed by atoms with Crippen LogP contribution >= 0.6 is 0 Å². The normalized spacial score (nSPS) is 23.2. The van der Waals surface area contributed by atoms with Crippen LogP contribution in [0.1, 0.15) is 53.0 Å². The van der Waals surface area contributed by atoms with E-state index < -0.39 is 0 Å². The van der Waals surface area contributed by atoms with Gasteiger partial charge in [0.25, 0.3) is 0 Å². The molecule has 1 aromatic heterocycles. The van der Waals surface area contributed by atoms with Crippen LogP contribution in [0.3, 0.4) is 0 Å². The Morgan fingerprint density at radius 1 is 1.24 bits per heavy atom. The molecule has 1 aliphatic heterocycles. The third kappa shape index (κ3) is 3.83. The molecule has 2 heterocycles. The molecule has 0 saturated carbocycles. The molecule has 1 N–H and O–H groups in total. The second-order valence-corrected chi connectivity index (χ2v) is 7.51. The van der Waals surface area contributed by atoms with Gasteiger partial charge in [-0.1, -0.05) is 34.6 Å². The average molecular weight is 289 g/mol. The van der Waals surface area contributed by atoms with Crippen molar-refractivity contribution >= 4 is 0 Å². The van der Waals surface area contributed by atoms with Gasteiger partial charge in [-0.2, -0.15) is 0 Å². The van der Waals surface area contributed by atoms with Crippen LogP contribution in [-0.4, -0.2) is 34.6 Å². The SMILES string of the molecule is CCC1(CC)CN(Cc2ccncc2)C(C(C)(C)C)CN1. The smallest absolute Gasteiger partial charge is 0.0304 e. The Kier molecular flexibility index (Phi) is 5.05. The molecule has 0 radical (unpaired) electrons. The van der Waals surface area contributed by atoms with Crippen molar-refractivity contribution in [3.05, 3.63) is 30.1 Å². The van der Waals surface area contributed by atoms with Gasteiger partial charge in [-0.05, 0) is 36.0 Å². The van der Waals surface area contributed by atoms with E-state index in [4.69, 9.17) is 0 Å². The van der Waals surface area contributed by atoms with Crippen molar-refractivity contribution < 1.29 is 0 Å². The molecule has 118 valence electrons. The lowest BCUT2D eigenvalue weighted by Crippen LogP contribution is -2.66. The number of pyridine rings is 1. The van der Waals surface area contributed by atoms with E-state index in [9.17, 15) is 0 Å². The summed E-state index contributed by atoms with van der Waals surface area (Å²) in [7, 11) is 0. The highest BCUT2D eigenvalue weighted by Gasteiger charge is 2.40. The monoisotopic (exact) mass is 289 g/mol. The zero-order valence-corrected chi connectivity index (χ0v) is 14.3. The number of piperazine rings is 1. The Bertz CT molecular complexity index is 432. The Morgan fingerprint density at radius 2 is 1.86 bits per heavy atom. The minimum Gasteiger partial charge on any atom is -0.308 e. The Hall–Kier alpha value is -0.930. The first-order chi connectivity index (χ1) is 9.90. The second kappa shape index (κ2) is 6.45. The minimum absolute atomic E-state index is 0.273. The van der Waals surface area contributed by atoms with Crippen molar-refractivity contribution in [3.8, 4) is 0 Å². The van der Waals surface area contributed by atoms with Crippen molar-refractivity contribution in [1.82, 2.24) is 15.2 Å². The van der Waals surface area contributed by atoms with Crippen LogP contribution in [0, 0.1) is 5.41 Å². The summed E-state index contributed by atoms with van der Waals surface area (Å²) in [6.45, 7) is 14.9. The van der Waals surface area contributed by atoms with Gasteiger partial charge in [-0.15, -0.1) is 0 Å². The van der Waals surface area contributed by atoms with Gasteiger partial charge in [0.2, 0.25) is 0 Å². The fourth-order valence-corrected chi connectivity index (χ4v) is 3.46. The molecule has 1 unspecified atom stereocenters. The second-order valence-electron chi connectivity index (χ2n) is 7.51. The van der Waals surface area contributed by atoms with Crippen LogP contribution in [0.4, 0.5) is 0 Å². The Balaban J connectivity index is 2.21. The number of nitrogens with one attached hydrogen (secondary N) is 1. The quantitative estimate of drug-likeness (QED) is 0.920. The lowest BCUT2D eigenvalue weighted by atomic mass is 9.80. The molecule has 2 rings (SSSR count). The summed E-state index contributed by atoms with van der Waals surface area (Å²) in [5.74, 6) is 0. The van der Waals surface area contributed by atoms with Crippen molar-refractivity contribution in [2.24, 2.45) is 5.41 Å². The van der Waals surface area contributed by atoms with Crippen LogP contribution in [0.25, 0.3) is 0 Å². The van der Waals surface area contributed by atoms with E-state index in [1.165, 1.54) is 18.4 Å². The topological polar surface area (TPSA) is 28.2 Å². The molecule has 0 spiro atoms. The largest absolute Gasteiger partial charge is 0.308 e. The highest BCUT2D eigenvalue weighted by atomic mass is 15.3. The maximum Gasteiger partial charge on any atom is 0.0304 e. The summed E-state index contributed by atoms with van der Waals surface area (Å²) in [5.41, 5.74) is 1.92. The van der Waals surface area contributed by atoms with E-state index in [-0.39, 0.29) is 11.0 Å². The van der Waals surface area contributed by atoms with Crippen LogP contribution < -0.4 is 5.32 Å². The molecule has 3 nitrogen and oxygen atoms in total. The Morgan fingerprint density at radius 3 is 2.38 bits per heavy atom. The van der Waals surface area contributed by atoms with Gasteiger partial charge in [0.1, 0.15) is 0 Å². The van der Waals surface area contributed by atoms with Crippen molar-refractivity contribution in [1.29, 1.82) is 0 Å². The van der Waals surface area contributed by atoms with Gasteiger partial charge in [0, 0.05) is 43.6 Å². The lowest BCUT2D eigenvalue weighted by Gasteiger charge is -2.51. The molecular formula is C18H31N3. The van der Waals surface area contributed by atoms with Crippen LogP contribution in [0.15, 0.2) is 24.5 Å². The molecule has 1 atom stereocenters. The predicted molar refractivity (Wildman–Crippen MR) is 89.2 cm³/mol. The third-order valence-corrected chi connectivity index (χ3v) is 5.11. The first kappa shape index (κ1) is 16.4. The van der Waals surface area contributed by atoms with E-state index in [0.29, 0.717) is 6.04 Å². The molecular weight excluding hydrogens is 258 g/mol. The van der Waals surface area contributed by atoms with Crippen molar-refractivity contribution in [2.45, 2.75) is 65.6 Å². The minimum atomic E-state index is 0.273. The number of hydrogen-bond donors (Lipinski definition) is 1. The molecule has 1 saturated heterocycles. The fraction of sp³-hybridized carbons (Fsp3) is 0.722. The van der Waals surface area contributed by atoms with Gasteiger partial charge in [0.15, 0.2) is 0 Å². The summed E-state index contributed by atoms with van der Waals surface area (Å²) in [6, 6.07) is 4.85. The summed E-state index contributed by atoms with van der Waals surface area (Å²) < 4.78 is 0. The highest BCUT2D eigenvalue weighted by molar-refractivity contribution is 5.11. The van der Waals surface area contributed by atoms with E-state index in [1.54, 1.807) is 0 Å². The first-order valence-corrected chi connectivity index (χ1v) is 8.28. The summed E-state index contributed by atoms with van der Waals surface area (Å²) in [5, 5.41) is 3.85. The molecule has 1 fully saturated rings. The molecule has 1 aliphatic rings. The lowest BCUT2D eigenvalue weighted by molar-refractivity contribution is 0.0130. The van der Waals surface area contributed by atoms with Gasteiger partial charge < -0.3 is 5.32 Å². The van der Waals surface area contributed by atoms with Gasteiger partial charge in [-0.25, -0.2) is 0 Å². The van der Waals surface area contributed by atoms with Crippen LogP contribution in [-0.2, 0) is 6.54 Å². The number of nitrogens with zero attached hydrogens (tertiary/aromatic N) is 2. The summed E-state index contributed by atoms with van der Waals surface area (Å²) >= 11 is 0. The fourth-order valence-electron chi connectivity index (χ4n) is 3.46. The molecule has 21 heavy (non-hydrogen) atoms. The van der Waals surface area contributed by atoms with E-state index in [0.717, 1.165) is 19.6 Å². The molecule has 3 heteroatoms. The van der Waals surface area contributed by atoms with Crippen LogP contribution in [0.5, 0.6) is 0 Å². The third-order valence-electron chi connectivity index (χ3n) is 5.11. The molecule has 0 bridgehead atoms. The maximum absolute atomic E-state index is 4.14. The highest BCUT2D eigenvalue weighted by Crippen LogP contribution is 2.32. The molecule has 0 aliphatic carbocycles. The van der Waals surface area contributed by atoms with Crippen LogP contribution in [0.2, 0.25) is 0 Å². The summed E-state index contributed by atoms with van der Waals surface area (Å²) in [4.78, 5) is 6.82. The molecule has 0 aromatic carbocycles. The van der Waals surface area contributed by atoms with Gasteiger partial charge in [0.05, 0.1) is 0 Å². The van der Waals surface area contributed by atoms with Gasteiger partial charge in [-0.3, -0.25) is 9.88 Å². The van der Waals surface area contributed by atoms with Gasteiger partial charge >= 0.3 is 0 Å². The van der Waals surface area contributed by atoms with Crippen molar-refractivity contribution in [3.63, 3.8) is 0 Å². The number of hydrogen-bond acceptors (Lipinski definition) is 3. The van der Waals surface area contributed by atoms with E-state index in [2.05, 4.69) is 62.0 Å². The van der Waals surface area contributed by atoms with E-state index in [1.807, 2.05) is 12.4 Å². The average Bonchev–Trinajstić information content (AvgIpc) is 2.47. The van der Waals surface area contributed by atoms with Crippen molar-refractivity contribution in [2.75, 3.05) is 13.1 Å². The first-order valence-electron chi connectivity index (χ1n) is 8.28. The zero-order valence-electron chi connectivity index (χ0n) is 14.3. The Labute approximate surface area is 130 Å². The summed E-state index contributed by atoms with van der Waals surface area (Å²) in [6.07, 6.45) is 6.17. The molecule has 1 aromatic rings. The standard InChI is InChI=1S/C18H31N3/c1-6-18(7-2)14-21(13-15-8-10-19-11-9-15)16(12-20-18)17(3,4)5/h8-11,16,20H,6-7,12-14H2,1-5H3. The van der Waals surface area contributed by atoms with E-state index >= 15 is 0 Å². The molecule has 0 amide bonds. The number of aromatic nitrogens is 1. The number of rotatable bonds is 4.